The van der Waals surface area contributed by atoms with Crippen LogP contribution in [0.5, 0.6) is 0 Å². The lowest BCUT2D eigenvalue weighted by Gasteiger charge is -2.26. The molecule has 1 aliphatic rings. The first-order valence-corrected chi connectivity index (χ1v) is 9.26. The molecule has 0 saturated carbocycles. The van der Waals surface area contributed by atoms with Gasteiger partial charge in [-0.2, -0.15) is 0 Å². The second-order valence-electron chi connectivity index (χ2n) is 5.70. The highest BCUT2D eigenvalue weighted by atomic mass is 35.5. The molecular weight excluding hydrogens is 377 g/mol. The number of carbonyl (C=O) groups excluding carboxylic acids is 1. The Hall–Kier alpha value is -2.25. The van der Waals surface area contributed by atoms with E-state index in [-0.39, 0.29) is 11.6 Å². The Kier molecular flexibility index (Phi) is 5.38. The minimum absolute atomic E-state index is 0.204. The van der Waals surface area contributed by atoms with Gasteiger partial charge in [0.25, 0.3) is 0 Å². The topological polar surface area (TPSA) is 63.6 Å². The van der Waals surface area contributed by atoms with E-state index >= 15 is 0 Å². The van der Waals surface area contributed by atoms with Crippen LogP contribution >= 0.6 is 22.9 Å². The zero-order valence-electron chi connectivity index (χ0n) is 14.5. The average Bonchev–Trinajstić information content (AvgIpc) is 3.00. The van der Waals surface area contributed by atoms with Gasteiger partial charge in [0.1, 0.15) is 17.7 Å². The number of aromatic nitrogens is 1. The summed E-state index contributed by atoms with van der Waals surface area (Å²) < 4.78 is 18.7. The van der Waals surface area contributed by atoms with E-state index in [4.69, 9.17) is 21.3 Å². The van der Waals surface area contributed by atoms with E-state index in [9.17, 15) is 9.18 Å². The number of allylic oxidation sites excluding steroid dienone is 1. The maximum Gasteiger partial charge on any atom is 0.338 e. The smallest absolute Gasteiger partial charge is 0.338 e. The van der Waals surface area contributed by atoms with Crippen molar-refractivity contribution in [3.8, 4) is 0 Å². The second-order valence-corrected chi connectivity index (χ2v) is 6.96. The molecule has 1 N–H and O–H groups in total. The zero-order valence-corrected chi connectivity index (χ0v) is 16.0. The molecule has 1 unspecified atom stereocenters. The van der Waals surface area contributed by atoms with Crippen LogP contribution in [0.15, 0.2) is 40.0 Å². The lowest BCUT2D eigenvalue weighted by molar-refractivity contribution is -0.138. The number of hydrogen-bond donors (Lipinski definition) is 1. The van der Waals surface area contributed by atoms with Gasteiger partial charge >= 0.3 is 5.97 Å². The molecule has 0 fully saturated rings. The van der Waals surface area contributed by atoms with E-state index in [0.29, 0.717) is 22.7 Å². The van der Waals surface area contributed by atoms with Gasteiger partial charge in [-0.05, 0) is 32.9 Å². The van der Waals surface area contributed by atoms with Gasteiger partial charge in [0.15, 0.2) is 0 Å². The first-order valence-electron chi connectivity index (χ1n) is 8.00. The molecule has 0 aliphatic carbocycles. The number of carbonyl (C=O) groups is 1. The number of nitrogens with zero attached hydrogens (tertiary/aromatic N) is 2. The lowest BCUT2D eigenvalue weighted by Crippen LogP contribution is -2.32. The summed E-state index contributed by atoms with van der Waals surface area (Å²) in [6, 6.07) is 3.36. The number of nitrogens with one attached hydrogen (secondary N) is 1. The quantitative estimate of drug-likeness (QED) is 0.792. The monoisotopic (exact) mass is 393 g/mol. The van der Waals surface area contributed by atoms with E-state index in [1.165, 1.54) is 23.5 Å². The Morgan fingerprint density at radius 1 is 1.42 bits per heavy atom. The molecule has 0 radical (unpaired) electrons. The summed E-state index contributed by atoms with van der Waals surface area (Å²) in [6.07, 6.45) is 0. The number of ether oxygens (including phenoxy) is 1. The van der Waals surface area contributed by atoms with Crippen molar-refractivity contribution < 1.29 is 13.9 Å². The summed E-state index contributed by atoms with van der Waals surface area (Å²) in [5.41, 5.74) is 4.07. The standard InChI is InChI=1S/C18H17ClFN3O2S/c1-4-25-18(24)14-9(2)22-17(16-10(3)21-8-26-16)23-15(14)12-6-5-11(20)7-13(12)19/h5-8,15H,4H2,1-3H3,(H,22,23). The highest BCUT2D eigenvalue weighted by molar-refractivity contribution is 7.12. The molecule has 1 aromatic carbocycles. The summed E-state index contributed by atoms with van der Waals surface area (Å²) in [4.78, 5) is 22.3. The summed E-state index contributed by atoms with van der Waals surface area (Å²) in [5.74, 6) is -0.332. The van der Waals surface area contributed by atoms with E-state index in [1.54, 1.807) is 25.4 Å². The fourth-order valence-corrected chi connectivity index (χ4v) is 3.77. The number of aliphatic imine (C=N–C) groups is 1. The Labute approximate surface area is 159 Å². The molecule has 8 heteroatoms. The SMILES string of the molecule is CCOC(=O)C1=C(C)NC(c2scnc2C)=NC1c1ccc(F)cc1Cl. The van der Waals surface area contributed by atoms with Crippen molar-refractivity contribution >= 4 is 34.7 Å². The van der Waals surface area contributed by atoms with Crippen molar-refractivity contribution in [1.29, 1.82) is 0 Å². The fraction of sp³-hybridized carbons (Fsp3) is 0.278. The number of benzene rings is 1. The third kappa shape index (κ3) is 3.50. The first-order chi connectivity index (χ1) is 12.4. The number of halogens is 2. The summed E-state index contributed by atoms with van der Waals surface area (Å²) in [6.45, 7) is 5.64. The van der Waals surface area contributed by atoms with Gasteiger partial charge in [-0.3, -0.25) is 4.99 Å². The Balaban J connectivity index is 2.14. The predicted molar refractivity (Wildman–Crippen MR) is 100 cm³/mol. The van der Waals surface area contributed by atoms with Crippen LogP contribution in [-0.4, -0.2) is 23.4 Å². The number of amidine groups is 1. The van der Waals surface area contributed by atoms with E-state index in [2.05, 4.69) is 10.3 Å². The molecule has 5 nitrogen and oxygen atoms in total. The first kappa shape index (κ1) is 18.5. The molecule has 0 saturated heterocycles. The van der Waals surface area contributed by atoms with Crippen LogP contribution in [0.1, 0.15) is 36.0 Å². The van der Waals surface area contributed by atoms with E-state index in [0.717, 1.165) is 10.6 Å². The minimum Gasteiger partial charge on any atom is -0.463 e. The third-order valence-corrected chi connectivity index (χ3v) is 5.22. The van der Waals surface area contributed by atoms with Gasteiger partial charge < -0.3 is 10.1 Å². The Morgan fingerprint density at radius 3 is 2.81 bits per heavy atom. The van der Waals surface area contributed by atoms with Gasteiger partial charge in [0.2, 0.25) is 0 Å². The molecule has 136 valence electrons. The normalized spacial score (nSPS) is 17.0. The maximum absolute atomic E-state index is 13.5. The number of rotatable bonds is 4. The van der Waals surface area contributed by atoms with Crippen LogP contribution in [0.2, 0.25) is 5.02 Å². The molecule has 1 aromatic heterocycles. The van der Waals surface area contributed by atoms with Crippen LogP contribution in [0.4, 0.5) is 4.39 Å². The Morgan fingerprint density at radius 2 is 2.19 bits per heavy atom. The largest absolute Gasteiger partial charge is 0.463 e. The predicted octanol–water partition coefficient (Wildman–Crippen LogP) is 4.17. The van der Waals surface area contributed by atoms with Gasteiger partial charge in [-0.15, -0.1) is 11.3 Å². The van der Waals surface area contributed by atoms with Crippen molar-refractivity contribution in [3.05, 3.63) is 62.0 Å². The molecule has 0 spiro atoms. The molecule has 0 amide bonds. The van der Waals surface area contributed by atoms with E-state index in [1.807, 2.05) is 6.92 Å². The van der Waals surface area contributed by atoms with Crippen LogP contribution in [-0.2, 0) is 9.53 Å². The summed E-state index contributed by atoms with van der Waals surface area (Å²) in [7, 11) is 0. The molecule has 3 rings (SSSR count). The molecule has 1 atom stereocenters. The van der Waals surface area contributed by atoms with Crippen LogP contribution < -0.4 is 5.32 Å². The molecular formula is C18H17ClFN3O2S. The van der Waals surface area contributed by atoms with Crippen molar-refractivity contribution in [3.63, 3.8) is 0 Å². The second kappa shape index (κ2) is 7.55. The fourth-order valence-electron chi connectivity index (χ4n) is 2.74. The van der Waals surface area contributed by atoms with Crippen LogP contribution in [0.3, 0.4) is 0 Å². The molecule has 26 heavy (non-hydrogen) atoms. The van der Waals surface area contributed by atoms with Gasteiger partial charge in [-0.25, -0.2) is 14.2 Å². The Bertz CT molecular complexity index is 923. The number of aryl methyl sites for hydroxylation is 1. The minimum atomic E-state index is -0.695. The van der Waals surface area contributed by atoms with Crippen molar-refractivity contribution in [2.24, 2.45) is 4.99 Å². The molecule has 2 aromatic rings. The molecule has 0 bridgehead atoms. The van der Waals surface area contributed by atoms with Crippen molar-refractivity contribution in [1.82, 2.24) is 10.3 Å². The summed E-state index contributed by atoms with van der Waals surface area (Å²) in [5, 5.41) is 3.37. The zero-order chi connectivity index (χ0) is 18.8. The van der Waals surface area contributed by atoms with Crippen molar-refractivity contribution in [2.75, 3.05) is 6.61 Å². The highest BCUT2D eigenvalue weighted by Crippen LogP contribution is 2.36. The highest BCUT2D eigenvalue weighted by Gasteiger charge is 2.32. The maximum atomic E-state index is 13.5. The van der Waals surface area contributed by atoms with E-state index < -0.39 is 17.8 Å². The molecule has 1 aliphatic heterocycles. The number of hydrogen-bond acceptors (Lipinski definition) is 6. The third-order valence-electron chi connectivity index (χ3n) is 3.95. The number of thiazole rings is 1. The number of esters is 1. The van der Waals surface area contributed by atoms with Gasteiger partial charge in [0.05, 0.1) is 28.3 Å². The van der Waals surface area contributed by atoms with Crippen LogP contribution in [0.25, 0.3) is 0 Å². The molecule has 2 heterocycles. The summed E-state index contributed by atoms with van der Waals surface area (Å²) >= 11 is 7.69. The van der Waals surface area contributed by atoms with Gasteiger partial charge in [-0.1, -0.05) is 17.7 Å². The van der Waals surface area contributed by atoms with Crippen LogP contribution in [0, 0.1) is 12.7 Å². The van der Waals surface area contributed by atoms with Gasteiger partial charge in [0, 0.05) is 16.3 Å². The lowest BCUT2D eigenvalue weighted by atomic mass is 9.95. The van der Waals surface area contributed by atoms with Crippen molar-refractivity contribution in [2.45, 2.75) is 26.8 Å². The average molecular weight is 394 g/mol.